The Morgan fingerprint density at radius 1 is 1.07 bits per heavy atom. The maximum Gasteiger partial charge on any atom is 0.278 e. The number of rotatable bonds is 5. The number of amides is 1. The molecule has 1 N–H and O–H groups in total. The van der Waals surface area contributed by atoms with Crippen LogP contribution >= 0.6 is 0 Å². The van der Waals surface area contributed by atoms with Crippen LogP contribution in [0.5, 0.6) is 11.8 Å². The molecule has 0 saturated carbocycles. The van der Waals surface area contributed by atoms with Crippen molar-refractivity contribution < 1.29 is 19.2 Å². The van der Waals surface area contributed by atoms with Gasteiger partial charge in [0.15, 0.2) is 0 Å². The molecule has 0 unspecified atom stereocenters. The number of nitro benzene ring substituents is 1. The molecule has 0 aliphatic heterocycles. The molecule has 0 bridgehead atoms. The molecular weight excluding hydrogens is 364 g/mol. The molecule has 0 aliphatic rings. The van der Waals surface area contributed by atoms with Crippen molar-refractivity contribution in [3.8, 4) is 11.8 Å². The molecule has 0 saturated heterocycles. The molecule has 144 valence electrons. The molecule has 28 heavy (non-hydrogen) atoms. The van der Waals surface area contributed by atoms with Crippen LogP contribution in [0.4, 0.5) is 11.4 Å². The lowest BCUT2D eigenvalue weighted by Gasteiger charge is -2.13. The summed E-state index contributed by atoms with van der Waals surface area (Å²) in [4.78, 5) is 32.4. The molecule has 0 atom stereocenters. The van der Waals surface area contributed by atoms with E-state index < -0.39 is 10.8 Å². The van der Waals surface area contributed by atoms with Gasteiger partial charge in [0.25, 0.3) is 23.4 Å². The Hall–Kier alpha value is -3.75. The molecular formula is C19H18N4O5. The van der Waals surface area contributed by atoms with E-state index in [4.69, 9.17) is 9.47 Å². The Morgan fingerprint density at radius 3 is 2.25 bits per heavy atom. The lowest BCUT2D eigenvalue weighted by molar-refractivity contribution is -0.385. The molecule has 0 radical (unpaired) electrons. The van der Waals surface area contributed by atoms with E-state index >= 15 is 0 Å². The number of hydrogen-bond donors (Lipinski definition) is 1. The van der Waals surface area contributed by atoms with Crippen molar-refractivity contribution in [1.29, 1.82) is 0 Å². The van der Waals surface area contributed by atoms with Gasteiger partial charge in [0.1, 0.15) is 11.0 Å². The van der Waals surface area contributed by atoms with E-state index in [1.54, 1.807) is 12.1 Å². The van der Waals surface area contributed by atoms with Gasteiger partial charge >= 0.3 is 0 Å². The average Bonchev–Trinajstić information content (AvgIpc) is 2.67. The molecule has 3 aromatic rings. The first kappa shape index (κ1) is 19.0. The van der Waals surface area contributed by atoms with Crippen molar-refractivity contribution in [2.45, 2.75) is 13.8 Å². The molecule has 0 fully saturated rings. The SMILES string of the molecule is COc1nc2cc([N+](=O)[O-])c(C)c(C(=O)Nc3ccc(C)cc3)c2nc1OC. The first-order chi connectivity index (χ1) is 13.3. The van der Waals surface area contributed by atoms with Crippen molar-refractivity contribution in [3.63, 3.8) is 0 Å². The van der Waals surface area contributed by atoms with Gasteiger partial charge < -0.3 is 14.8 Å². The minimum Gasteiger partial charge on any atom is -0.477 e. The first-order valence-corrected chi connectivity index (χ1v) is 8.31. The lowest BCUT2D eigenvalue weighted by atomic mass is 10.0. The van der Waals surface area contributed by atoms with Crippen molar-refractivity contribution in [2.75, 3.05) is 19.5 Å². The number of nitrogens with zero attached hydrogens (tertiary/aromatic N) is 3. The smallest absolute Gasteiger partial charge is 0.278 e. The van der Waals surface area contributed by atoms with E-state index in [-0.39, 0.29) is 39.6 Å². The second-order valence-corrected chi connectivity index (χ2v) is 6.08. The summed E-state index contributed by atoms with van der Waals surface area (Å²) in [5.74, 6) is -0.387. The minimum atomic E-state index is -0.560. The second-order valence-electron chi connectivity index (χ2n) is 6.08. The Kier molecular flexibility index (Phi) is 5.08. The molecule has 1 aromatic heterocycles. The highest BCUT2D eigenvalue weighted by Crippen LogP contribution is 2.33. The number of benzene rings is 2. The number of carbonyl (C=O) groups is 1. The normalized spacial score (nSPS) is 10.6. The molecule has 1 heterocycles. The van der Waals surface area contributed by atoms with Crippen LogP contribution in [0.15, 0.2) is 30.3 Å². The highest BCUT2D eigenvalue weighted by Gasteiger charge is 2.26. The van der Waals surface area contributed by atoms with Crippen molar-refractivity contribution in [2.24, 2.45) is 0 Å². The maximum absolute atomic E-state index is 13.0. The third-order valence-electron chi connectivity index (χ3n) is 4.25. The van der Waals surface area contributed by atoms with Crippen LogP contribution in [0.2, 0.25) is 0 Å². The summed E-state index contributed by atoms with van der Waals surface area (Å²) < 4.78 is 10.3. The van der Waals surface area contributed by atoms with E-state index in [1.807, 2.05) is 19.1 Å². The fourth-order valence-electron chi connectivity index (χ4n) is 2.81. The van der Waals surface area contributed by atoms with Crippen LogP contribution in [0.3, 0.4) is 0 Å². The number of nitrogens with one attached hydrogen (secondary N) is 1. The van der Waals surface area contributed by atoms with Crippen LogP contribution in [-0.2, 0) is 0 Å². The number of anilines is 1. The van der Waals surface area contributed by atoms with Crippen LogP contribution in [0, 0.1) is 24.0 Å². The zero-order valence-corrected chi connectivity index (χ0v) is 15.8. The Labute approximate surface area is 160 Å². The zero-order chi connectivity index (χ0) is 20.4. The summed E-state index contributed by atoms with van der Waals surface area (Å²) in [6, 6.07) is 8.46. The Bertz CT molecular complexity index is 1080. The molecule has 0 aliphatic carbocycles. The maximum atomic E-state index is 13.0. The van der Waals surface area contributed by atoms with E-state index in [9.17, 15) is 14.9 Å². The van der Waals surface area contributed by atoms with Gasteiger partial charge in [-0.3, -0.25) is 14.9 Å². The van der Waals surface area contributed by atoms with Crippen LogP contribution < -0.4 is 14.8 Å². The zero-order valence-electron chi connectivity index (χ0n) is 15.8. The number of fused-ring (bicyclic) bond motifs is 1. The van der Waals surface area contributed by atoms with E-state index in [0.717, 1.165) is 5.56 Å². The topological polar surface area (TPSA) is 116 Å². The number of hydrogen-bond acceptors (Lipinski definition) is 7. The second kappa shape index (κ2) is 7.47. The van der Waals surface area contributed by atoms with Crippen LogP contribution in [0.25, 0.3) is 11.0 Å². The lowest BCUT2D eigenvalue weighted by Crippen LogP contribution is -2.16. The third kappa shape index (κ3) is 3.41. The summed E-state index contributed by atoms with van der Waals surface area (Å²) in [5.41, 5.74) is 1.94. The van der Waals surface area contributed by atoms with Gasteiger partial charge in [-0.15, -0.1) is 0 Å². The van der Waals surface area contributed by atoms with Gasteiger partial charge in [0.05, 0.1) is 24.7 Å². The Balaban J connectivity index is 2.22. The number of aryl methyl sites for hydroxylation is 1. The van der Waals surface area contributed by atoms with E-state index in [1.165, 1.54) is 27.2 Å². The first-order valence-electron chi connectivity index (χ1n) is 8.31. The molecule has 2 aromatic carbocycles. The number of aromatic nitrogens is 2. The molecule has 3 rings (SSSR count). The number of ether oxygens (including phenoxy) is 2. The van der Waals surface area contributed by atoms with Crippen molar-refractivity contribution in [1.82, 2.24) is 9.97 Å². The van der Waals surface area contributed by atoms with Gasteiger partial charge in [0, 0.05) is 17.3 Å². The third-order valence-corrected chi connectivity index (χ3v) is 4.25. The van der Waals surface area contributed by atoms with Crippen LogP contribution in [0.1, 0.15) is 21.5 Å². The van der Waals surface area contributed by atoms with E-state index in [2.05, 4.69) is 15.3 Å². The summed E-state index contributed by atoms with van der Waals surface area (Å²) in [7, 11) is 2.77. The summed E-state index contributed by atoms with van der Waals surface area (Å²) >= 11 is 0. The largest absolute Gasteiger partial charge is 0.477 e. The average molecular weight is 382 g/mol. The predicted molar refractivity (Wildman–Crippen MR) is 103 cm³/mol. The Morgan fingerprint density at radius 2 is 1.68 bits per heavy atom. The minimum absolute atomic E-state index is 0.0539. The molecule has 9 heteroatoms. The molecule has 9 nitrogen and oxygen atoms in total. The predicted octanol–water partition coefficient (Wildman–Crippen LogP) is 3.42. The monoisotopic (exact) mass is 382 g/mol. The number of nitro groups is 1. The molecule has 1 amide bonds. The van der Waals surface area contributed by atoms with E-state index in [0.29, 0.717) is 5.69 Å². The van der Waals surface area contributed by atoms with Gasteiger partial charge in [-0.05, 0) is 26.0 Å². The summed E-state index contributed by atoms with van der Waals surface area (Å²) in [5, 5.41) is 14.2. The van der Waals surface area contributed by atoms with Crippen LogP contribution in [-0.4, -0.2) is 35.0 Å². The van der Waals surface area contributed by atoms with Gasteiger partial charge in [-0.25, -0.2) is 9.97 Å². The molecule has 0 spiro atoms. The van der Waals surface area contributed by atoms with Crippen molar-refractivity contribution in [3.05, 3.63) is 57.1 Å². The highest BCUT2D eigenvalue weighted by atomic mass is 16.6. The number of carbonyl (C=O) groups excluding carboxylic acids is 1. The summed E-state index contributed by atoms with van der Waals surface area (Å²) in [6.07, 6.45) is 0. The highest BCUT2D eigenvalue weighted by molar-refractivity contribution is 6.13. The van der Waals surface area contributed by atoms with Gasteiger partial charge in [-0.2, -0.15) is 0 Å². The summed E-state index contributed by atoms with van der Waals surface area (Å²) in [6.45, 7) is 3.43. The standard InChI is InChI=1S/C19H18N4O5/c1-10-5-7-12(8-6-10)20-17(24)15-11(2)14(23(25)26)9-13-16(15)22-19(28-4)18(21-13)27-3/h5-9H,1-4H3,(H,20,24). The fourth-order valence-corrected chi connectivity index (χ4v) is 2.81. The quantitative estimate of drug-likeness (QED) is 0.531. The number of methoxy groups -OCH3 is 2. The fraction of sp³-hybridized carbons (Fsp3) is 0.211. The van der Waals surface area contributed by atoms with Crippen molar-refractivity contribution >= 4 is 28.3 Å². The van der Waals surface area contributed by atoms with Gasteiger partial charge in [0.2, 0.25) is 0 Å². The van der Waals surface area contributed by atoms with Gasteiger partial charge in [-0.1, -0.05) is 17.7 Å².